The van der Waals surface area contributed by atoms with Gasteiger partial charge in [-0.1, -0.05) is 42.0 Å². The largest absolute Gasteiger partial charge is 0.224 e. The van der Waals surface area contributed by atoms with E-state index in [4.69, 9.17) is 11.6 Å². The van der Waals surface area contributed by atoms with Gasteiger partial charge in [-0.25, -0.2) is 8.42 Å². The van der Waals surface area contributed by atoms with E-state index in [1.807, 2.05) is 30.3 Å². The lowest BCUT2D eigenvalue weighted by Gasteiger charge is -2.11. The van der Waals surface area contributed by atoms with Crippen LogP contribution in [0.2, 0.25) is 5.02 Å². The zero-order valence-corrected chi connectivity index (χ0v) is 16.7. The van der Waals surface area contributed by atoms with Crippen LogP contribution in [0.1, 0.15) is 24.0 Å². The summed E-state index contributed by atoms with van der Waals surface area (Å²) >= 11 is 9.63. The molecule has 128 valence electrons. The summed E-state index contributed by atoms with van der Waals surface area (Å²) in [5.74, 6) is 0. The summed E-state index contributed by atoms with van der Waals surface area (Å²) < 4.78 is 24.3. The van der Waals surface area contributed by atoms with E-state index in [2.05, 4.69) is 28.1 Å². The number of rotatable bonds is 3. The third-order valence-corrected chi connectivity index (χ3v) is 7.15. The predicted octanol–water partition coefficient (Wildman–Crippen LogP) is 5.77. The number of sulfone groups is 1. The summed E-state index contributed by atoms with van der Waals surface area (Å²) in [5.41, 5.74) is 4.66. The monoisotopic (exact) mass is 434 g/mol. The topological polar surface area (TPSA) is 34.1 Å². The Morgan fingerprint density at radius 2 is 1.52 bits per heavy atom. The number of benzene rings is 2. The van der Waals surface area contributed by atoms with Crippen molar-refractivity contribution in [1.82, 2.24) is 0 Å². The van der Waals surface area contributed by atoms with Gasteiger partial charge in [0.15, 0.2) is 9.84 Å². The molecule has 0 heterocycles. The molecule has 2 aliphatic rings. The third kappa shape index (κ3) is 3.23. The lowest BCUT2D eigenvalue weighted by atomic mass is 9.95. The third-order valence-electron chi connectivity index (χ3n) is 4.81. The second-order valence-corrected chi connectivity index (χ2v) is 10.1. The van der Waals surface area contributed by atoms with Crippen molar-refractivity contribution in [2.45, 2.75) is 17.7 Å². The van der Waals surface area contributed by atoms with Crippen molar-refractivity contribution in [2.75, 3.05) is 6.26 Å². The zero-order valence-electron chi connectivity index (χ0n) is 13.6. The SMILES string of the molecule is CS(=O)(=O)c1ccc(C2=CC3(C=C2c2ccc(Cl)c(Br)c2)CC3)cc1. The molecule has 2 nitrogen and oxygen atoms in total. The van der Waals surface area contributed by atoms with Crippen LogP contribution in [0, 0.1) is 5.41 Å². The molecule has 1 fully saturated rings. The van der Waals surface area contributed by atoms with Crippen LogP contribution in [0.4, 0.5) is 0 Å². The fourth-order valence-corrected chi connectivity index (χ4v) is 4.35. The van der Waals surface area contributed by atoms with Gasteiger partial charge in [0.05, 0.1) is 9.92 Å². The molecule has 2 aromatic carbocycles. The molecular formula is C20H16BrClO2S. The van der Waals surface area contributed by atoms with E-state index in [0.29, 0.717) is 9.92 Å². The van der Waals surface area contributed by atoms with Crippen molar-refractivity contribution in [3.8, 4) is 0 Å². The molecule has 0 aromatic heterocycles. The fourth-order valence-electron chi connectivity index (χ4n) is 3.23. The Bertz CT molecular complexity index is 1030. The van der Waals surface area contributed by atoms with Crippen molar-refractivity contribution in [3.05, 3.63) is 75.2 Å². The van der Waals surface area contributed by atoms with Crippen LogP contribution in [0.5, 0.6) is 0 Å². The summed E-state index contributed by atoms with van der Waals surface area (Å²) in [6.45, 7) is 0. The molecule has 2 aromatic rings. The van der Waals surface area contributed by atoms with Gasteiger partial charge in [0, 0.05) is 16.1 Å². The molecule has 5 heteroatoms. The summed E-state index contributed by atoms with van der Waals surface area (Å²) in [6.07, 6.45) is 8.21. The number of halogens is 2. The van der Waals surface area contributed by atoms with Crippen molar-refractivity contribution < 1.29 is 8.42 Å². The molecule has 0 N–H and O–H groups in total. The normalized spacial score (nSPS) is 18.2. The van der Waals surface area contributed by atoms with Crippen molar-refractivity contribution in [1.29, 1.82) is 0 Å². The first-order chi connectivity index (χ1) is 11.8. The van der Waals surface area contributed by atoms with Crippen molar-refractivity contribution >= 4 is 48.5 Å². The van der Waals surface area contributed by atoms with E-state index in [9.17, 15) is 8.42 Å². The molecule has 0 atom stereocenters. The fraction of sp³-hybridized carbons (Fsp3) is 0.200. The summed E-state index contributed by atoms with van der Waals surface area (Å²) in [4.78, 5) is 0.343. The van der Waals surface area contributed by atoms with Crippen LogP contribution in [-0.2, 0) is 9.84 Å². The Labute approximate surface area is 161 Å². The minimum Gasteiger partial charge on any atom is -0.224 e. The highest BCUT2D eigenvalue weighted by Gasteiger charge is 2.43. The minimum absolute atomic E-state index is 0.173. The highest BCUT2D eigenvalue weighted by molar-refractivity contribution is 9.10. The van der Waals surface area contributed by atoms with E-state index < -0.39 is 9.84 Å². The van der Waals surface area contributed by atoms with E-state index in [1.54, 1.807) is 12.1 Å². The molecule has 25 heavy (non-hydrogen) atoms. The lowest BCUT2D eigenvalue weighted by molar-refractivity contribution is 0.602. The molecule has 2 aliphatic carbocycles. The Hall–Kier alpha value is -1.36. The van der Waals surface area contributed by atoms with Gasteiger partial charge in [0.2, 0.25) is 0 Å². The standard InChI is InChI=1S/C20H16BrClO2S/c1-25(23,24)15-5-2-13(3-6-15)16-11-20(8-9-20)12-17(16)14-4-7-19(22)18(21)10-14/h2-7,10-12H,8-9H2,1H3. The van der Waals surface area contributed by atoms with E-state index in [0.717, 1.165) is 34.0 Å². The second-order valence-electron chi connectivity index (χ2n) is 6.77. The number of allylic oxidation sites excluding steroid dienone is 4. The van der Waals surface area contributed by atoms with Crippen LogP contribution < -0.4 is 0 Å². The quantitative estimate of drug-likeness (QED) is 0.613. The van der Waals surface area contributed by atoms with Gasteiger partial charge in [-0.3, -0.25) is 0 Å². The van der Waals surface area contributed by atoms with Gasteiger partial charge in [0.1, 0.15) is 0 Å². The van der Waals surface area contributed by atoms with Gasteiger partial charge in [-0.15, -0.1) is 0 Å². The number of hydrogen-bond acceptors (Lipinski definition) is 2. The maximum absolute atomic E-state index is 11.7. The molecule has 0 unspecified atom stereocenters. The van der Waals surface area contributed by atoms with Crippen molar-refractivity contribution in [3.63, 3.8) is 0 Å². The van der Waals surface area contributed by atoms with E-state index in [1.165, 1.54) is 11.8 Å². The van der Waals surface area contributed by atoms with Crippen molar-refractivity contribution in [2.24, 2.45) is 5.41 Å². The van der Waals surface area contributed by atoms with Gasteiger partial charge in [-0.05, 0) is 75.3 Å². The maximum atomic E-state index is 11.7. The van der Waals surface area contributed by atoms with Gasteiger partial charge < -0.3 is 0 Å². The average molecular weight is 436 g/mol. The highest BCUT2D eigenvalue weighted by atomic mass is 79.9. The van der Waals surface area contributed by atoms with Crippen LogP contribution in [-0.4, -0.2) is 14.7 Å². The summed E-state index contributed by atoms with van der Waals surface area (Å²) in [6, 6.07) is 13.1. The van der Waals surface area contributed by atoms with Crippen LogP contribution in [0.3, 0.4) is 0 Å². The first-order valence-electron chi connectivity index (χ1n) is 7.99. The molecule has 0 saturated heterocycles. The molecule has 0 aliphatic heterocycles. The molecule has 4 rings (SSSR count). The van der Waals surface area contributed by atoms with E-state index >= 15 is 0 Å². The molecule has 1 spiro atoms. The molecule has 0 radical (unpaired) electrons. The van der Waals surface area contributed by atoms with Gasteiger partial charge >= 0.3 is 0 Å². The van der Waals surface area contributed by atoms with Gasteiger partial charge in [-0.2, -0.15) is 0 Å². The zero-order chi connectivity index (χ0) is 17.8. The summed E-state index contributed by atoms with van der Waals surface area (Å²) in [7, 11) is -3.18. The highest BCUT2D eigenvalue weighted by Crippen LogP contribution is 2.57. The average Bonchev–Trinajstić information content (AvgIpc) is 3.20. The Morgan fingerprint density at radius 1 is 0.960 bits per heavy atom. The predicted molar refractivity (Wildman–Crippen MR) is 106 cm³/mol. The minimum atomic E-state index is -3.18. The Kier molecular flexibility index (Phi) is 3.98. The van der Waals surface area contributed by atoms with E-state index in [-0.39, 0.29) is 5.41 Å². The maximum Gasteiger partial charge on any atom is 0.175 e. The van der Waals surface area contributed by atoms with Gasteiger partial charge in [0.25, 0.3) is 0 Å². The van der Waals surface area contributed by atoms with Crippen LogP contribution >= 0.6 is 27.5 Å². The number of hydrogen-bond donors (Lipinski definition) is 0. The van der Waals surface area contributed by atoms with Crippen LogP contribution in [0.15, 0.2) is 64.0 Å². The molecular weight excluding hydrogens is 420 g/mol. The molecule has 0 amide bonds. The van der Waals surface area contributed by atoms with Crippen LogP contribution in [0.25, 0.3) is 11.1 Å². The lowest BCUT2D eigenvalue weighted by Crippen LogP contribution is -1.97. The first kappa shape index (κ1) is 17.1. The Balaban J connectivity index is 1.78. The molecule has 0 bridgehead atoms. The summed E-state index contributed by atoms with van der Waals surface area (Å²) in [5, 5.41) is 0.687. The second kappa shape index (κ2) is 5.83. The smallest absolute Gasteiger partial charge is 0.175 e. The first-order valence-corrected chi connectivity index (χ1v) is 11.1. The molecule has 1 saturated carbocycles. The Morgan fingerprint density at radius 3 is 2.04 bits per heavy atom.